The fraction of sp³-hybridized carbons (Fsp3) is 0.417. The number of H-pyrrole nitrogens is 1. The summed E-state index contributed by atoms with van der Waals surface area (Å²) < 4.78 is 28.1. The Hall–Kier alpha value is -2.36. The van der Waals surface area contributed by atoms with Crippen molar-refractivity contribution in [3.8, 4) is 0 Å². The molecule has 1 aliphatic heterocycles. The quantitative estimate of drug-likeness (QED) is 0.501. The molecule has 1 fully saturated rings. The summed E-state index contributed by atoms with van der Waals surface area (Å²) in [5.41, 5.74) is 2.75. The van der Waals surface area contributed by atoms with Crippen LogP contribution in [0.5, 0.6) is 0 Å². The Labute approximate surface area is 199 Å². The Morgan fingerprint density at radius 3 is 2.70 bits per heavy atom. The smallest absolute Gasteiger partial charge is 0.243 e. The average Bonchev–Trinajstić information content (AvgIpc) is 3.26. The number of para-hydroxylation sites is 2. The van der Waals surface area contributed by atoms with Crippen LogP contribution in [0.4, 0.5) is 0 Å². The minimum Gasteiger partial charge on any atom is -0.345 e. The van der Waals surface area contributed by atoms with E-state index >= 15 is 0 Å². The summed E-state index contributed by atoms with van der Waals surface area (Å²) in [6, 6.07) is 13.5. The van der Waals surface area contributed by atoms with Crippen LogP contribution in [0.15, 0.2) is 53.4 Å². The second-order valence-electron chi connectivity index (χ2n) is 8.42. The molecule has 0 bridgehead atoms. The van der Waals surface area contributed by atoms with E-state index in [9.17, 15) is 13.2 Å². The molecule has 1 amide bonds. The summed E-state index contributed by atoms with van der Waals surface area (Å²) in [4.78, 5) is 21.7. The maximum Gasteiger partial charge on any atom is 0.243 e. The van der Waals surface area contributed by atoms with E-state index in [1.54, 1.807) is 36.0 Å². The molecule has 2 heterocycles. The minimum absolute atomic E-state index is 0.226. The molecule has 0 aliphatic carbocycles. The summed E-state index contributed by atoms with van der Waals surface area (Å²) in [5, 5.41) is 3.11. The highest BCUT2D eigenvalue weighted by molar-refractivity contribution is 7.98. The number of sulfonamides is 1. The number of thioether (sulfide) groups is 1. The molecular formula is C24H30N4O3S2. The monoisotopic (exact) mass is 486 g/mol. The van der Waals surface area contributed by atoms with Crippen molar-refractivity contribution in [1.82, 2.24) is 19.6 Å². The maximum absolute atomic E-state index is 13.4. The van der Waals surface area contributed by atoms with Gasteiger partial charge >= 0.3 is 0 Å². The first kappa shape index (κ1) is 23.8. The van der Waals surface area contributed by atoms with E-state index in [1.807, 2.05) is 37.4 Å². The summed E-state index contributed by atoms with van der Waals surface area (Å²) >= 11 is 1.70. The number of aromatic nitrogens is 2. The van der Waals surface area contributed by atoms with Gasteiger partial charge in [0.25, 0.3) is 0 Å². The van der Waals surface area contributed by atoms with Crippen LogP contribution >= 0.6 is 11.8 Å². The molecule has 2 aromatic carbocycles. The topological polar surface area (TPSA) is 95.2 Å². The van der Waals surface area contributed by atoms with Gasteiger partial charge in [-0.25, -0.2) is 13.4 Å². The molecule has 0 radical (unpaired) electrons. The Balaban J connectivity index is 1.58. The molecule has 3 aromatic rings. The molecule has 2 unspecified atom stereocenters. The number of piperidine rings is 1. The van der Waals surface area contributed by atoms with Gasteiger partial charge in [-0.3, -0.25) is 4.79 Å². The lowest BCUT2D eigenvalue weighted by Crippen LogP contribution is -2.52. The van der Waals surface area contributed by atoms with E-state index in [0.717, 1.165) is 35.2 Å². The van der Waals surface area contributed by atoms with E-state index in [0.29, 0.717) is 25.2 Å². The zero-order valence-corrected chi connectivity index (χ0v) is 20.6. The van der Waals surface area contributed by atoms with Crippen molar-refractivity contribution in [2.45, 2.75) is 49.6 Å². The standard InChI is InChI=1S/C24H30N4O3S2/c1-17-10-12-18(13-11-17)33(30,31)28-15-6-5-9-22(28)24(29)27-21(14-16-32-2)23-25-19-7-3-4-8-20(19)26-23/h3-4,7-8,10-13,21-22H,5-6,9,14-16H2,1-2H3,(H,25,26)(H,27,29). The van der Waals surface area contributed by atoms with Gasteiger partial charge in [0.15, 0.2) is 0 Å². The van der Waals surface area contributed by atoms with Crippen molar-refractivity contribution in [3.05, 3.63) is 59.9 Å². The highest BCUT2D eigenvalue weighted by Crippen LogP contribution is 2.27. The SMILES string of the molecule is CSCCC(NC(=O)C1CCCCN1S(=O)(=O)c1ccc(C)cc1)c1nc2ccccc2[nH]1. The largest absolute Gasteiger partial charge is 0.345 e. The first-order valence-electron chi connectivity index (χ1n) is 11.2. The molecule has 1 saturated heterocycles. The number of carbonyl (C=O) groups is 1. The lowest BCUT2D eigenvalue weighted by atomic mass is 10.0. The van der Waals surface area contributed by atoms with E-state index in [2.05, 4.69) is 15.3 Å². The van der Waals surface area contributed by atoms with Crippen molar-refractivity contribution in [1.29, 1.82) is 0 Å². The Bertz CT molecular complexity index is 1170. The zero-order valence-electron chi connectivity index (χ0n) is 19.0. The fourth-order valence-electron chi connectivity index (χ4n) is 4.22. The van der Waals surface area contributed by atoms with Gasteiger partial charge in [0, 0.05) is 6.54 Å². The predicted molar refractivity (Wildman–Crippen MR) is 133 cm³/mol. The molecular weight excluding hydrogens is 456 g/mol. The number of nitrogens with one attached hydrogen (secondary N) is 2. The number of aryl methyl sites for hydroxylation is 1. The van der Waals surface area contributed by atoms with Crippen LogP contribution in [0.3, 0.4) is 0 Å². The van der Waals surface area contributed by atoms with Gasteiger partial charge < -0.3 is 10.3 Å². The number of carbonyl (C=O) groups excluding carboxylic acids is 1. The van der Waals surface area contributed by atoms with Crippen LogP contribution in [0.1, 0.15) is 43.1 Å². The van der Waals surface area contributed by atoms with Crippen molar-refractivity contribution in [2.24, 2.45) is 0 Å². The van der Waals surface area contributed by atoms with Gasteiger partial charge in [0.2, 0.25) is 15.9 Å². The van der Waals surface area contributed by atoms with Crippen molar-refractivity contribution >= 4 is 38.7 Å². The number of amides is 1. The highest BCUT2D eigenvalue weighted by atomic mass is 32.2. The number of rotatable bonds is 8. The molecule has 2 atom stereocenters. The zero-order chi connectivity index (χ0) is 23.4. The van der Waals surface area contributed by atoms with Gasteiger partial charge in [-0.05, 0) is 62.5 Å². The molecule has 2 N–H and O–H groups in total. The van der Waals surface area contributed by atoms with Crippen LogP contribution in [0.2, 0.25) is 0 Å². The number of benzene rings is 2. The molecule has 1 aliphatic rings. The molecule has 1 aromatic heterocycles. The van der Waals surface area contributed by atoms with Crippen LogP contribution in [-0.2, 0) is 14.8 Å². The second-order valence-corrected chi connectivity index (χ2v) is 11.3. The summed E-state index contributed by atoms with van der Waals surface area (Å²) in [7, 11) is -3.77. The van der Waals surface area contributed by atoms with E-state index in [1.165, 1.54) is 4.31 Å². The molecule has 9 heteroatoms. The summed E-state index contributed by atoms with van der Waals surface area (Å²) in [6.07, 6.45) is 4.79. The van der Waals surface area contributed by atoms with Gasteiger partial charge in [0.1, 0.15) is 11.9 Å². The van der Waals surface area contributed by atoms with E-state index in [4.69, 9.17) is 0 Å². The van der Waals surface area contributed by atoms with Gasteiger partial charge in [0.05, 0.1) is 22.0 Å². The third-order valence-corrected chi connectivity index (χ3v) is 8.62. The first-order chi connectivity index (χ1) is 15.9. The average molecular weight is 487 g/mol. The molecule has 7 nitrogen and oxygen atoms in total. The lowest BCUT2D eigenvalue weighted by molar-refractivity contribution is -0.126. The second kappa shape index (κ2) is 10.3. The van der Waals surface area contributed by atoms with Crippen molar-refractivity contribution in [3.63, 3.8) is 0 Å². The molecule has 0 saturated carbocycles. The van der Waals surface area contributed by atoms with Gasteiger partial charge in [-0.2, -0.15) is 16.1 Å². The normalized spacial score (nSPS) is 18.3. The van der Waals surface area contributed by atoms with Crippen LogP contribution in [0, 0.1) is 6.92 Å². The third-order valence-electron chi connectivity index (χ3n) is 6.05. The number of fused-ring (bicyclic) bond motifs is 1. The summed E-state index contributed by atoms with van der Waals surface area (Å²) in [5.74, 6) is 1.28. The highest BCUT2D eigenvalue weighted by Gasteiger charge is 2.38. The third kappa shape index (κ3) is 5.26. The Kier molecular flexibility index (Phi) is 7.41. The number of imidazole rings is 1. The molecule has 4 rings (SSSR count). The van der Waals surface area contributed by atoms with Crippen molar-refractivity contribution < 1.29 is 13.2 Å². The fourth-order valence-corrected chi connectivity index (χ4v) is 6.35. The van der Waals surface area contributed by atoms with E-state index < -0.39 is 16.1 Å². The Morgan fingerprint density at radius 1 is 1.21 bits per heavy atom. The van der Waals surface area contributed by atoms with Gasteiger partial charge in [-0.15, -0.1) is 0 Å². The molecule has 33 heavy (non-hydrogen) atoms. The molecule has 0 spiro atoms. The van der Waals surface area contributed by atoms with Crippen LogP contribution < -0.4 is 5.32 Å². The van der Waals surface area contributed by atoms with E-state index in [-0.39, 0.29) is 16.8 Å². The summed E-state index contributed by atoms with van der Waals surface area (Å²) in [6.45, 7) is 2.26. The minimum atomic E-state index is -3.77. The number of aromatic amines is 1. The maximum atomic E-state index is 13.4. The molecule has 176 valence electrons. The van der Waals surface area contributed by atoms with Crippen molar-refractivity contribution in [2.75, 3.05) is 18.6 Å². The lowest BCUT2D eigenvalue weighted by Gasteiger charge is -2.34. The number of hydrogen-bond donors (Lipinski definition) is 2. The number of nitrogens with zero attached hydrogens (tertiary/aromatic N) is 2. The van der Waals surface area contributed by atoms with Gasteiger partial charge in [-0.1, -0.05) is 36.2 Å². The number of hydrogen-bond acceptors (Lipinski definition) is 5. The Morgan fingerprint density at radius 2 is 1.97 bits per heavy atom. The first-order valence-corrected chi connectivity index (χ1v) is 14.1. The van der Waals surface area contributed by atoms with Crippen LogP contribution in [-0.4, -0.2) is 53.2 Å². The van der Waals surface area contributed by atoms with Crippen LogP contribution in [0.25, 0.3) is 11.0 Å². The predicted octanol–water partition coefficient (Wildman–Crippen LogP) is 4.03.